The number of hydrogen-bond acceptors (Lipinski definition) is 3. The van der Waals surface area contributed by atoms with E-state index in [1.807, 2.05) is 39.0 Å². The van der Waals surface area contributed by atoms with Crippen LogP contribution in [0, 0.1) is 5.92 Å². The van der Waals surface area contributed by atoms with Crippen molar-refractivity contribution in [2.75, 3.05) is 13.2 Å². The van der Waals surface area contributed by atoms with Crippen molar-refractivity contribution < 1.29 is 14.3 Å². The lowest BCUT2D eigenvalue weighted by molar-refractivity contribution is -0.133. The van der Waals surface area contributed by atoms with Crippen LogP contribution in [0.4, 0.5) is 0 Å². The van der Waals surface area contributed by atoms with Gasteiger partial charge in [-0.1, -0.05) is 32.0 Å². The van der Waals surface area contributed by atoms with E-state index >= 15 is 0 Å². The predicted octanol–water partition coefficient (Wildman–Crippen LogP) is 3.57. The van der Waals surface area contributed by atoms with E-state index in [0.717, 1.165) is 17.7 Å². The molecule has 1 aromatic rings. The van der Waals surface area contributed by atoms with E-state index in [-0.39, 0.29) is 23.7 Å². The van der Waals surface area contributed by atoms with E-state index in [1.54, 1.807) is 0 Å². The van der Waals surface area contributed by atoms with Gasteiger partial charge in [0.05, 0.1) is 6.61 Å². The van der Waals surface area contributed by atoms with E-state index in [9.17, 15) is 4.79 Å². The maximum absolute atomic E-state index is 12.5. The van der Waals surface area contributed by atoms with Crippen molar-refractivity contribution in [1.29, 1.82) is 0 Å². The first-order chi connectivity index (χ1) is 9.63. The highest BCUT2D eigenvalue weighted by Gasteiger charge is 2.28. The fourth-order valence-corrected chi connectivity index (χ4v) is 2.82. The van der Waals surface area contributed by atoms with Crippen molar-refractivity contribution in [3.05, 3.63) is 29.8 Å². The van der Waals surface area contributed by atoms with Gasteiger partial charge in [0.25, 0.3) is 0 Å². The Hall–Kier alpha value is -1.35. The van der Waals surface area contributed by atoms with Gasteiger partial charge in [0, 0.05) is 13.0 Å². The molecule has 1 aliphatic heterocycles. The third kappa shape index (κ3) is 3.40. The van der Waals surface area contributed by atoms with Gasteiger partial charge >= 0.3 is 0 Å². The lowest BCUT2D eigenvalue weighted by Gasteiger charge is -2.27. The number of hydrogen-bond donors (Lipinski definition) is 0. The number of Topliss-reactive ketones (excluding diaryl/α,β-unsaturated/α-hetero) is 1. The minimum atomic E-state index is -0.282. The van der Waals surface area contributed by atoms with Crippen molar-refractivity contribution in [1.82, 2.24) is 0 Å². The Morgan fingerprint density at radius 1 is 1.40 bits per heavy atom. The third-order valence-corrected chi connectivity index (χ3v) is 3.80. The Balaban J connectivity index is 2.08. The molecule has 0 saturated carbocycles. The number of fused-ring (bicyclic) bond motifs is 1. The van der Waals surface area contributed by atoms with Gasteiger partial charge < -0.3 is 9.47 Å². The standard InChI is InChI=1S/C17H24O3/c1-4-19-17(12(2)3)15(18)11-13-9-10-20-16-8-6-5-7-14(13)16/h5-8,12-13,17H,4,9-11H2,1-3H3. The molecular weight excluding hydrogens is 252 g/mol. The molecule has 0 radical (unpaired) electrons. The van der Waals surface area contributed by atoms with Crippen LogP contribution < -0.4 is 4.74 Å². The van der Waals surface area contributed by atoms with Crippen molar-refractivity contribution in [2.24, 2.45) is 5.92 Å². The second-order valence-corrected chi connectivity index (χ2v) is 5.66. The summed E-state index contributed by atoms with van der Waals surface area (Å²) in [5.41, 5.74) is 1.16. The van der Waals surface area contributed by atoms with Crippen LogP contribution in [-0.4, -0.2) is 25.1 Å². The van der Waals surface area contributed by atoms with Crippen molar-refractivity contribution >= 4 is 5.78 Å². The minimum absolute atomic E-state index is 0.212. The molecule has 1 aromatic carbocycles. The molecule has 0 bridgehead atoms. The molecule has 20 heavy (non-hydrogen) atoms. The summed E-state index contributed by atoms with van der Waals surface area (Å²) in [7, 11) is 0. The number of benzene rings is 1. The van der Waals surface area contributed by atoms with Gasteiger partial charge in [-0.2, -0.15) is 0 Å². The molecule has 2 unspecified atom stereocenters. The van der Waals surface area contributed by atoms with Gasteiger partial charge in [0.2, 0.25) is 0 Å². The summed E-state index contributed by atoms with van der Waals surface area (Å²) in [6.07, 6.45) is 1.16. The molecule has 0 amide bonds. The second-order valence-electron chi connectivity index (χ2n) is 5.66. The lowest BCUT2D eigenvalue weighted by Crippen LogP contribution is -2.31. The van der Waals surface area contributed by atoms with Gasteiger partial charge in [0.1, 0.15) is 11.9 Å². The monoisotopic (exact) mass is 276 g/mol. The van der Waals surface area contributed by atoms with Crippen LogP contribution in [0.25, 0.3) is 0 Å². The smallest absolute Gasteiger partial charge is 0.162 e. The highest BCUT2D eigenvalue weighted by atomic mass is 16.5. The summed E-state index contributed by atoms with van der Waals surface area (Å²) in [5, 5.41) is 0. The van der Waals surface area contributed by atoms with Crippen LogP contribution in [0.3, 0.4) is 0 Å². The first kappa shape index (κ1) is 15.0. The minimum Gasteiger partial charge on any atom is -0.493 e. The van der Waals surface area contributed by atoms with Gasteiger partial charge in [-0.05, 0) is 36.8 Å². The quantitative estimate of drug-likeness (QED) is 0.796. The van der Waals surface area contributed by atoms with Crippen LogP contribution >= 0.6 is 0 Å². The highest BCUT2D eigenvalue weighted by Crippen LogP contribution is 2.36. The number of carbonyl (C=O) groups excluding carboxylic acids is 1. The van der Waals surface area contributed by atoms with E-state index in [2.05, 4.69) is 6.07 Å². The summed E-state index contributed by atoms with van der Waals surface area (Å²) < 4.78 is 11.3. The second kappa shape index (κ2) is 6.89. The molecule has 3 nitrogen and oxygen atoms in total. The molecule has 1 aliphatic rings. The van der Waals surface area contributed by atoms with Crippen LogP contribution in [0.2, 0.25) is 0 Å². The Morgan fingerprint density at radius 3 is 2.85 bits per heavy atom. The molecule has 0 fully saturated rings. The third-order valence-electron chi connectivity index (χ3n) is 3.80. The highest BCUT2D eigenvalue weighted by molar-refractivity contribution is 5.84. The molecule has 0 saturated heterocycles. The predicted molar refractivity (Wildman–Crippen MR) is 79.2 cm³/mol. The SMILES string of the molecule is CCOC(C(=O)CC1CCOc2ccccc21)C(C)C. The molecule has 1 heterocycles. The molecule has 0 aromatic heterocycles. The number of para-hydroxylation sites is 1. The Morgan fingerprint density at radius 2 is 2.15 bits per heavy atom. The Kier molecular flexibility index (Phi) is 5.18. The molecule has 0 N–H and O–H groups in total. The van der Waals surface area contributed by atoms with Gasteiger partial charge in [0.15, 0.2) is 5.78 Å². The van der Waals surface area contributed by atoms with Crippen LogP contribution in [0.15, 0.2) is 24.3 Å². The van der Waals surface area contributed by atoms with Crippen molar-refractivity contribution in [3.63, 3.8) is 0 Å². The first-order valence-corrected chi connectivity index (χ1v) is 7.49. The largest absolute Gasteiger partial charge is 0.493 e. The van der Waals surface area contributed by atoms with Gasteiger partial charge in [-0.25, -0.2) is 0 Å². The molecule has 110 valence electrons. The van der Waals surface area contributed by atoms with Crippen LogP contribution in [0.1, 0.15) is 45.1 Å². The van der Waals surface area contributed by atoms with E-state index in [4.69, 9.17) is 9.47 Å². The Labute approximate surface area is 121 Å². The normalized spacial score (nSPS) is 19.3. The lowest BCUT2D eigenvalue weighted by atomic mass is 9.86. The number of carbonyl (C=O) groups is 1. The summed E-state index contributed by atoms with van der Waals surface area (Å²) in [6.45, 7) is 7.29. The van der Waals surface area contributed by atoms with E-state index in [0.29, 0.717) is 19.6 Å². The van der Waals surface area contributed by atoms with E-state index < -0.39 is 0 Å². The molecular formula is C17H24O3. The summed E-state index contributed by atoms with van der Waals surface area (Å²) in [4.78, 5) is 12.5. The zero-order valence-electron chi connectivity index (χ0n) is 12.6. The van der Waals surface area contributed by atoms with E-state index in [1.165, 1.54) is 0 Å². The molecule has 2 atom stereocenters. The first-order valence-electron chi connectivity index (χ1n) is 7.49. The van der Waals surface area contributed by atoms with Crippen molar-refractivity contribution in [3.8, 4) is 5.75 Å². The topological polar surface area (TPSA) is 35.5 Å². The summed E-state index contributed by atoms with van der Waals surface area (Å²) in [6, 6.07) is 8.03. The Bertz CT molecular complexity index is 453. The van der Waals surface area contributed by atoms with Crippen LogP contribution in [-0.2, 0) is 9.53 Å². The maximum atomic E-state index is 12.5. The fourth-order valence-electron chi connectivity index (χ4n) is 2.82. The summed E-state index contributed by atoms with van der Waals surface area (Å²) >= 11 is 0. The van der Waals surface area contributed by atoms with Crippen molar-refractivity contribution in [2.45, 2.75) is 45.6 Å². The number of ether oxygens (including phenoxy) is 2. The maximum Gasteiger partial charge on any atom is 0.162 e. The fraction of sp³-hybridized carbons (Fsp3) is 0.588. The molecule has 0 aliphatic carbocycles. The molecule has 0 spiro atoms. The zero-order valence-corrected chi connectivity index (χ0v) is 12.6. The van der Waals surface area contributed by atoms with Crippen LogP contribution in [0.5, 0.6) is 5.75 Å². The van der Waals surface area contributed by atoms with Gasteiger partial charge in [-0.15, -0.1) is 0 Å². The average Bonchev–Trinajstić information content (AvgIpc) is 2.44. The summed E-state index contributed by atoms with van der Waals surface area (Å²) in [5.74, 6) is 1.62. The number of rotatable bonds is 6. The zero-order chi connectivity index (χ0) is 14.5. The molecule has 3 heteroatoms. The molecule has 2 rings (SSSR count). The average molecular weight is 276 g/mol. The van der Waals surface area contributed by atoms with Gasteiger partial charge in [-0.3, -0.25) is 4.79 Å². The number of ketones is 1.